The normalized spacial score (nSPS) is 17.6. The highest BCUT2D eigenvalue weighted by Gasteiger charge is 2.12. The summed E-state index contributed by atoms with van der Waals surface area (Å²) in [4.78, 5) is 2.27. The van der Waals surface area contributed by atoms with E-state index in [1.165, 1.54) is 0 Å². The highest BCUT2D eigenvalue weighted by molar-refractivity contribution is 9.10. The lowest BCUT2D eigenvalue weighted by Crippen LogP contribution is -2.26. The van der Waals surface area contributed by atoms with Crippen molar-refractivity contribution in [2.45, 2.75) is 6.42 Å². The molecule has 0 aliphatic carbocycles. The van der Waals surface area contributed by atoms with Gasteiger partial charge in [0.1, 0.15) is 0 Å². The van der Waals surface area contributed by atoms with Crippen LogP contribution in [-0.2, 0) is 4.74 Å². The average molecular weight is 314 g/mol. The molecule has 0 bridgehead atoms. The molecule has 0 aromatic heterocycles. The number of hydrogen-bond acceptors (Lipinski definition) is 4. The highest BCUT2D eigenvalue weighted by Crippen LogP contribution is 2.24. The summed E-state index contributed by atoms with van der Waals surface area (Å²) in [6.45, 7) is 3.43. The summed E-state index contributed by atoms with van der Waals surface area (Å²) >= 11 is 3.44. The largest absolute Gasteiger partial charge is 0.409 e. The summed E-state index contributed by atoms with van der Waals surface area (Å²) in [7, 11) is 0. The number of nitrogens with zero attached hydrogens (tertiary/aromatic N) is 2. The highest BCUT2D eigenvalue weighted by atomic mass is 79.9. The average Bonchev–Trinajstić information content (AvgIpc) is 2.66. The van der Waals surface area contributed by atoms with Crippen LogP contribution in [0.3, 0.4) is 0 Å². The Kier molecular flexibility index (Phi) is 4.43. The van der Waals surface area contributed by atoms with E-state index in [0.29, 0.717) is 5.56 Å². The Labute approximate surface area is 114 Å². The van der Waals surface area contributed by atoms with Gasteiger partial charge in [0.25, 0.3) is 0 Å². The Bertz CT molecular complexity index is 443. The maximum absolute atomic E-state index is 8.68. The molecule has 0 atom stereocenters. The van der Waals surface area contributed by atoms with Crippen LogP contribution < -0.4 is 10.6 Å². The Morgan fingerprint density at radius 1 is 1.39 bits per heavy atom. The summed E-state index contributed by atoms with van der Waals surface area (Å²) < 4.78 is 6.25. The van der Waals surface area contributed by atoms with Crippen LogP contribution in [0, 0.1) is 0 Å². The van der Waals surface area contributed by atoms with Crippen molar-refractivity contribution in [1.82, 2.24) is 0 Å². The fourth-order valence-corrected chi connectivity index (χ4v) is 2.54. The third-order valence-corrected chi connectivity index (χ3v) is 3.58. The monoisotopic (exact) mass is 313 g/mol. The fraction of sp³-hybridized carbons (Fsp3) is 0.417. The van der Waals surface area contributed by atoms with Crippen LogP contribution in [0.5, 0.6) is 0 Å². The van der Waals surface area contributed by atoms with E-state index in [0.717, 1.165) is 42.9 Å². The summed E-state index contributed by atoms with van der Waals surface area (Å²) in [5.74, 6) is 0.104. The number of halogens is 1. The number of anilines is 1. The number of nitrogens with two attached hydrogens (primary N) is 1. The van der Waals surface area contributed by atoms with Gasteiger partial charge in [0, 0.05) is 35.4 Å². The molecule has 0 saturated carbocycles. The van der Waals surface area contributed by atoms with Crippen molar-refractivity contribution in [1.29, 1.82) is 0 Å². The summed E-state index contributed by atoms with van der Waals surface area (Å²) in [5, 5.41) is 11.7. The number of benzene rings is 1. The van der Waals surface area contributed by atoms with E-state index in [1.807, 2.05) is 18.2 Å². The predicted octanol–water partition coefficient (Wildman–Crippen LogP) is 1.77. The molecule has 98 valence electrons. The van der Waals surface area contributed by atoms with Crippen LogP contribution in [0.15, 0.2) is 27.8 Å². The summed E-state index contributed by atoms with van der Waals surface area (Å²) in [5.41, 5.74) is 7.39. The molecular weight excluding hydrogens is 298 g/mol. The van der Waals surface area contributed by atoms with Gasteiger partial charge in [-0.2, -0.15) is 0 Å². The molecule has 2 rings (SSSR count). The van der Waals surface area contributed by atoms with Crippen LogP contribution in [0.4, 0.5) is 5.69 Å². The second kappa shape index (κ2) is 6.06. The maximum Gasteiger partial charge on any atom is 0.171 e. The smallest absolute Gasteiger partial charge is 0.171 e. The van der Waals surface area contributed by atoms with E-state index in [9.17, 15) is 0 Å². The van der Waals surface area contributed by atoms with Gasteiger partial charge in [-0.15, -0.1) is 0 Å². The Balaban J connectivity index is 2.22. The van der Waals surface area contributed by atoms with Gasteiger partial charge in [-0.1, -0.05) is 5.16 Å². The number of amidine groups is 1. The van der Waals surface area contributed by atoms with Crippen LogP contribution in [0.1, 0.15) is 12.0 Å². The molecule has 0 spiro atoms. The van der Waals surface area contributed by atoms with Gasteiger partial charge < -0.3 is 20.6 Å². The quantitative estimate of drug-likeness (QED) is 0.378. The molecule has 1 aromatic carbocycles. The van der Waals surface area contributed by atoms with Crippen molar-refractivity contribution < 1.29 is 9.94 Å². The van der Waals surface area contributed by atoms with Crippen LogP contribution in [-0.4, -0.2) is 37.3 Å². The van der Waals surface area contributed by atoms with Gasteiger partial charge in [0.2, 0.25) is 0 Å². The maximum atomic E-state index is 8.68. The van der Waals surface area contributed by atoms with Crippen molar-refractivity contribution in [3.05, 3.63) is 28.2 Å². The van der Waals surface area contributed by atoms with Crippen molar-refractivity contribution in [2.75, 3.05) is 31.2 Å². The Hall–Kier alpha value is -1.27. The van der Waals surface area contributed by atoms with E-state index in [-0.39, 0.29) is 5.84 Å². The van der Waals surface area contributed by atoms with Gasteiger partial charge in [0.15, 0.2) is 5.84 Å². The molecule has 0 amide bonds. The molecule has 1 heterocycles. The summed E-state index contributed by atoms with van der Waals surface area (Å²) in [6, 6.07) is 5.81. The molecule has 18 heavy (non-hydrogen) atoms. The molecule has 5 nitrogen and oxygen atoms in total. The summed E-state index contributed by atoms with van der Waals surface area (Å²) in [6.07, 6.45) is 1.03. The second-order valence-corrected chi connectivity index (χ2v) is 4.96. The van der Waals surface area contributed by atoms with Crippen molar-refractivity contribution in [3.63, 3.8) is 0 Å². The number of hydrogen-bond donors (Lipinski definition) is 2. The number of ether oxygens (including phenoxy) is 1. The van der Waals surface area contributed by atoms with E-state index in [2.05, 4.69) is 26.0 Å². The topological polar surface area (TPSA) is 71.1 Å². The van der Waals surface area contributed by atoms with E-state index in [1.54, 1.807) is 0 Å². The molecule has 1 aliphatic rings. The molecular formula is C12H16BrN3O2. The molecule has 0 unspecified atom stereocenters. The zero-order valence-corrected chi connectivity index (χ0v) is 11.6. The third kappa shape index (κ3) is 2.94. The van der Waals surface area contributed by atoms with Gasteiger partial charge in [-0.25, -0.2) is 0 Å². The lowest BCUT2D eigenvalue weighted by molar-refractivity contribution is 0.152. The first-order valence-electron chi connectivity index (χ1n) is 5.82. The zero-order chi connectivity index (χ0) is 13.0. The van der Waals surface area contributed by atoms with Gasteiger partial charge in [-0.05, 0) is 40.5 Å². The minimum absolute atomic E-state index is 0.104. The molecule has 1 saturated heterocycles. The van der Waals surface area contributed by atoms with Crippen molar-refractivity contribution in [3.8, 4) is 0 Å². The van der Waals surface area contributed by atoms with Crippen molar-refractivity contribution in [2.24, 2.45) is 10.9 Å². The first-order valence-corrected chi connectivity index (χ1v) is 6.62. The van der Waals surface area contributed by atoms with Crippen LogP contribution >= 0.6 is 15.9 Å². The number of oxime groups is 1. The molecule has 0 radical (unpaired) electrons. The van der Waals surface area contributed by atoms with E-state index >= 15 is 0 Å². The molecule has 1 aliphatic heterocycles. The zero-order valence-electron chi connectivity index (χ0n) is 9.97. The van der Waals surface area contributed by atoms with Crippen molar-refractivity contribution >= 4 is 27.5 Å². The Morgan fingerprint density at radius 2 is 2.22 bits per heavy atom. The minimum Gasteiger partial charge on any atom is -0.409 e. The minimum atomic E-state index is 0.104. The second-order valence-electron chi connectivity index (χ2n) is 4.10. The first kappa shape index (κ1) is 13.2. The standard InChI is InChI=1S/C12H16BrN3O2/c13-11-8-9(2-3-10(11)12(14)15-17)16-4-1-6-18-7-5-16/h2-3,8,17H,1,4-7H2,(H2,14,15). The fourth-order valence-electron chi connectivity index (χ4n) is 1.97. The molecule has 3 N–H and O–H groups in total. The van der Waals surface area contributed by atoms with E-state index < -0.39 is 0 Å². The van der Waals surface area contributed by atoms with Crippen LogP contribution in [0.2, 0.25) is 0 Å². The molecule has 6 heteroatoms. The lowest BCUT2D eigenvalue weighted by Gasteiger charge is -2.22. The van der Waals surface area contributed by atoms with Gasteiger partial charge in [-0.3, -0.25) is 0 Å². The predicted molar refractivity (Wildman–Crippen MR) is 74.3 cm³/mol. The molecule has 1 fully saturated rings. The van der Waals surface area contributed by atoms with Crippen LogP contribution in [0.25, 0.3) is 0 Å². The molecule has 1 aromatic rings. The Morgan fingerprint density at radius 3 is 2.94 bits per heavy atom. The lowest BCUT2D eigenvalue weighted by atomic mass is 10.1. The SMILES string of the molecule is N/C(=N/O)c1ccc(N2CCCOCC2)cc1Br. The first-order chi connectivity index (χ1) is 8.72. The third-order valence-electron chi connectivity index (χ3n) is 2.92. The number of rotatable bonds is 2. The van der Waals surface area contributed by atoms with Gasteiger partial charge >= 0.3 is 0 Å². The van der Waals surface area contributed by atoms with E-state index in [4.69, 9.17) is 15.7 Å². The van der Waals surface area contributed by atoms with Gasteiger partial charge in [0.05, 0.1) is 6.61 Å².